The summed E-state index contributed by atoms with van der Waals surface area (Å²) in [4.78, 5) is 15.0. The number of esters is 1. The minimum Gasteiger partial charge on any atom is -0.469 e. The lowest BCUT2D eigenvalue weighted by atomic mass is 9.70. The van der Waals surface area contributed by atoms with Crippen LogP contribution in [0.4, 0.5) is 0 Å². The molecule has 3 heteroatoms. The van der Waals surface area contributed by atoms with Crippen molar-refractivity contribution < 1.29 is 9.53 Å². The van der Waals surface area contributed by atoms with E-state index in [2.05, 4.69) is 43.0 Å². The molecule has 1 aromatic carbocycles. The molecule has 3 nitrogen and oxygen atoms in total. The Balaban J connectivity index is 1.99. The molecule has 2 aliphatic rings. The SMILES string of the molecule is COC(=O)[C@@H]1[C@@H](c2ccccc2)CN2CCCC(C)(C)[C@@H]12. The van der Waals surface area contributed by atoms with Gasteiger partial charge in [0, 0.05) is 18.5 Å². The first-order valence-corrected chi connectivity index (χ1v) is 7.91. The Labute approximate surface area is 127 Å². The van der Waals surface area contributed by atoms with Crippen LogP contribution in [-0.2, 0) is 9.53 Å². The van der Waals surface area contributed by atoms with E-state index in [9.17, 15) is 4.79 Å². The molecule has 2 aliphatic heterocycles. The molecule has 0 saturated carbocycles. The molecule has 3 atom stereocenters. The number of hydrogen-bond donors (Lipinski definition) is 0. The molecule has 2 fully saturated rings. The highest BCUT2D eigenvalue weighted by molar-refractivity contribution is 5.75. The van der Waals surface area contributed by atoms with Crippen molar-refractivity contribution in [2.75, 3.05) is 20.2 Å². The summed E-state index contributed by atoms with van der Waals surface area (Å²) < 4.78 is 5.16. The Bertz CT molecular complexity index is 511. The highest BCUT2D eigenvalue weighted by Crippen LogP contribution is 2.49. The zero-order valence-corrected chi connectivity index (χ0v) is 13.2. The van der Waals surface area contributed by atoms with Crippen molar-refractivity contribution in [3.8, 4) is 0 Å². The molecular weight excluding hydrogens is 262 g/mol. The van der Waals surface area contributed by atoms with Crippen LogP contribution in [0.2, 0.25) is 0 Å². The summed E-state index contributed by atoms with van der Waals surface area (Å²) in [5, 5.41) is 0. The van der Waals surface area contributed by atoms with Gasteiger partial charge in [-0.25, -0.2) is 0 Å². The number of carbonyl (C=O) groups excluding carboxylic acids is 1. The first-order valence-electron chi connectivity index (χ1n) is 7.91. The second-order valence-corrected chi connectivity index (χ2v) is 7.10. The monoisotopic (exact) mass is 287 g/mol. The molecule has 0 amide bonds. The van der Waals surface area contributed by atoms with Crippen LogP contribution in [0.1, 0.15) is 38.2 Å². The summed E-state index contributed by atoms with van der Waals surface area (Å²) >= 11 is 0. The third-order valence-electron chi connectivity index (χ3n) is 5.37. The lowest BCUT2D eigenvalue weighted by Gasteiger charge is -2.44. The third-order valence-corrected chi connectivity index (χ3v) is 5.37. The lowest BCUT2D eigenvalue weighted by molar-refractivity contribution is -0.149. The van der Waals surface area contributed by atoms with Gasteiger partial charge in [-0.15, -0.1) is 0 Å². The number of ether oxygens (including phenoxy) is 1. The maximum absolute atomic E-state index is 12.5. The van der Waals surface area contributed by atoms with Gasteiger partial charge in [0.15, 0.2) is 0 Å². The molecule has 2 heterocycles. The third kappa shape index (κ3) is 2.48. The van der Waals surface area contributed by atoms with Gasteiger partial charge in [-0.3, -0.25) is 9.69 Å². The quantitative estimate of drug-likeness (QED) is 0.783. The Morgan fingerprint density at radius 3 is 2.67 bits per heavy atom. The van der Waals surface area contributed by atoms with Gasteiger partial charge in [-0.1, -0.05) is 44.2 Å². The summed E-state index contributed by atoms with van der Waals surface area (Å²) in [5.74, 6) is 0.153. The number of carbonyl (C=O) groups is 1. The van der Waals surface area contributed by atoms with Crippen molar-refractivity contribution in [2.24, 2.45) is 11.3 Å². The first kappa shape index (κ1) is 14.6. The summed E-state index contributed by atoms with van der Waals surface area (Å²) in [7, 11) is 1.52. The van der Waals surface area contributed by atoms with Crippen molar-refractivity contribution in [3.05, 3.63) is 35.9 Å². The van der Waals surface area contributed by atoms with Gasteiger partial charge in [0.05, 0.1) is 13.0 Å². The van der Waals surface area contributed by atoms with E-state index in [0.717, 1.165) is 13.1 Å². The highest BCUT2D eigenvalue weighted by Gasteiger charge is 2.53. The second-order valence-electron chi connectivity index (χ2n) is 7.10. The maximum Gasteiger partial charge on any atom is 0.310 e. The van der Waals surface area contributed by atoms with Crippen LogP contribution >= 0.6 is 0 Å². The molecule has 0 spiro atoms. The number of piperidine rings is 1. The minimum atomic E-state index is -0.0497. The lowest BCUT2D eigenvalue weighted by Crippen LogP contribution is -2.50. The molecule has 0 aliphatic carbocycles. The van der Waals surface area contributed by atoms with Crippen LogP contribution < -0.4 is 0 Å². The zero-order chi connectivity index (χ0) is 15.0. The van der Waals surface area contributed by atoms with Crippen molar-refractivity contribution >= 4 is 5.97 Å². The van der Waals surface area contributed by atoms with Gasteiger partial charge >= 0.3 is 5.97 Å². The first-order chi connectivity index (χ1) is 10.0. The van der Waals surface area contributed by atoms with Crippen molar-refractivity contribution in [2.45, 2.75) is 38.6 Å². The summed E-state index contributed by atoms with van der Waals surface area (Å²) in [6.45, 7) is 6.67. The zero-order valence-electron chi connectivity index (χ0n) is 13.2. The Kier molecular flexibility index (Phi) is 3.78. The van der Waals surface area contributed by atoms with Gasteiger partial charge < -0.3 is 4.74 Å². The summed E-state index contributed by atoms with van der Waals surface area (Å²) in [5.41, 5.74) is 1.43. The normalized spacial score (nSPS) is 31.7. The average molecular weight is 287 g/mol. The van der Waals surface area contributed by atoms with E-state index in [1.54, 1.807) is 0 Å². The van der Waals surface area contributed by atoms with Crippen LogP contribution in [0.25, 0.3) is 0 Å². The molecule has 0 N–H and O–H groups in total. The highest BCUT2D eigenvalue weighted by atomic mass is 16.5. The average Bonchev–Trinajstić information content (AvgIpc) is 2.88. The fraction of sp³-hybridized carbons (Fsp3) is 0.611. The maximum atomic E-state index is 12.5. The van der Waals surface area contributed by atoms with Crippen LogP contribution in [0, 0.1) is 11.3 Å². The van der Waals surface area contributed by atoms with E-state index in [-0.39, 0.29) is 23.2 Å². The van der Waals surface area contributed by atoms with Crippen molar-refractivity contribution in [3.63, 3.8) is 0 Å². The molecule has 3 rings (SSSR count). The van der Waals surface area contributed by atoms with Gasteiger partial charge in [-0.2, -0.15) is 0 Å². The van der Waals surface area contributed by atoms with E-state index < -0.39 is 0 Å². The molecule has 0 radical (unpaired) electrons. The van der Waals surface area contributed by atoms with E-state index in [4.69, 9.17) is 4.74 Å². The molecule has 1 aromatic rings. The Hall–Kier alpha value is -1.35. The molecule has 114 valence electrons. The Morgan fingerprint density at radius 1 is 1.29 bits per heavy atom. The van der Waals surface area contributed by atoms with Crippen molar-refractivity contribution in [1.29, 1.82) is 0 Å². The van der Waals surface area contributed by atoms with Crippen LogP contribution in [0.5, 0.6) is 0 Å². The minimum absolute atomic E-state index is 0.0484. The standard InChI is InChI=1S/C18H25NO2/c1-18(2)10-7-11-19-12-14(13-8-5-4-6-9-13)15(16(18)19)17(20)21-3/h4-6,8-9,14-16H,7,10-12H2,1-3H3/t14-,15-,16-/m1/s1. The van der Waals surface area contributed by atoms with E-state index in [1.807, 2.05) is 6.07 Å². The Morgan fingerprint density at radius 2 is 2.00 bits per heavy atom. The number of methoxy groups -OCH3 is 1. The molecule has 0 aromatic heterocycles. The summed E-state index contributed by atoms with van der Waals surface area (Å²) in [6, 6.07) is 10.7. The molecule has 2 saturated heterocycles. The predicted octanol–water partition coefficient (Wildman–Crippen LogP) is 3.06. The molecule has 21 heavy (non-hydrogen) atoms. The van der Waals surface area contributed by atoms with Gasteiger partial charge in [0.1, 0.15) is 0 Å². The van der Waals surface area contributed by atoms with Gasteiger partial charge in [0.25, 0.3) is 0 Å². The van der Waals surface area contributed by atoms with Crippen LogP contribution in [-0.4, -0.2) is 37.1 Å². The number of rotatable bonds is 2. The largest absolute Gasteiger partial charge is 0.469 e. The number of fused-ring (bicyclic) bond motifs is 1. The van der Waals surface area contributed by atoms with E-state index in [1.165, 1.54) is 25.5 Å². The second kappa shape index (κ2) is 5.45. The van der Waals surface area contributed by atoms with Crippen LogP contribution in [0.15, 0.2) is 30.3 Å². The van der Waals surface area contributed by atoms with Gasteiger partial charge in [-0.05, 0) is 30.4 Å². The number of nitrogens with zero attached hydrogens (tertiary/aromatic N) is 1. The summed E-state index contributed by atoms with van der Waals surface area (Å²) in [6.07, 6.45) is 2.40. The molecule has 0 unspecified atom stereocenters. The smallest absolute Gasteiger partial charge is 0.310 e. The van der Waals surface area contributed by atoms with Crippen LogP contribution in [0.3, 0.4) is 0 Å². The van der Waals surface area contributed by atoms with E-state index in [0.29, 0.717) is 6.04 Å². The molecular formula is C18H25NO2. The van der Waals surface area contributed by atoms with Crippen molar-refractivity contribution in [1.82, 2.24) is 4.90 Å². The topological polar surface area (TPSA) is 29.5 Å². The fourth-order valence-electron chi connectivity index (χ4n) is 4.47. The van der Waals surface area contributed by atoms with Gasteiger partial charge in [0.2, 0.25) is 0 Å². The number of benzene rings is 1. The fourth-order valence-corrected chi connectivity index (χ4v) is 4.47. The van der Waals surface area contributed by atoms with E-state index >= 15 is 0 Å². The predicted molar refractivity (Wildman–Crippen MR) is 83.1 cm³/mol. The molecule has 0 bridgehead atoms. The number of hydrogen-bond acceptors (Lipinski definition) is 3.